The van der Waals surface area contributed by atoms with Crippen molar-refractivity contribution < 1.29 is 13.9 Å². The van der Waals surface area contributed by atoms with Crippen molar-refractivity contribution in [3.05, 3.63) is 60.0 Å². The van der Waals surface area contributed by atoms with Gasteiger partial charge in [-0.05, 0) is 42.3 Å². The molecule has 1 amide bonds. The summed E-state index contributed by atoms with van der Waals surface area (Å²) in [5.41, 5.74) is 2.80. The topological polar surface area (TPSA) is 68.5 Å². The largest absolute Gasteiger partial charge is 0.497 e. The summed E-state index contributed by atoms with van der Waals surface area (Å²) in [5.74, 6) is 0.779. The number of carbonyl (C=O) groups is 1. The number of aromatic nitrogens is 2. The standard InChI is InChI=1S/C18H15N3O3/c1-23-14-8-6-13(7-9-14)16-19-20-17(24-16)18(22)21-11-10-12-4-2-3-5-15(12)21/h2-9H,10-11H2,1H3. The SMILES string of the molecule is COc1ccc(-c2nnc(C(=O)N3CCc4ccccc43)o2)cc1. The molecule has 0 radical (unpaired) electrons. The van der Waals surface area contributed by atoms with Gasteiger partial charge in [-0.2, -0.15) is 0 Å². The van der Waals surface area contributed by atoms with Crippen LogP contribution in [0.25, 0.3) is 11.5 Å². The molecule has 2 heterocycles. The summed E-state index contributed by atoms with van der Waals surface area (Å²) in [5, 5.41) is 7.90. The van der Waals surface area contributed by atoms with Crippen LogP contribution < -0.4 is 9.64 Å². The Morgan fingerprint density at radius 3 is 2.71 bits per heavy atom. The van der Waals surface area contributed by atoms with Gasteiger partial charge in [-0.1, -0.05) is 18.2 Å². The summed E-state index contributed by atoms with van der Waals surface area (Å²) >= 11 is 0. The highest BCUT2D eigenvalue weighted by Gasteiger charge is 2.28. The molecule has 2 aromatic carbocycles. The Kier molecular flexibility index (Phi) is 3.49. The summed E-state index contributed by atoms with van der Waals surface area (Å²) in [4.78, 5) is 14.3. The number of nitrogens with zero attached hydrogens (tertiary/aromatic N) is 3. The summed E-state index contributed by atoms with van der Waals surface area (Å²) < 4.78 is 10.7. The molecule has 4 rings (SSSR count). The molecule has 24 heavy (non-hydrogen) atoms. The van der Waals surface area contributed by atoms with Crippen LogP contribution in [-0.2, 0) is 6.42 Å². The van der Waals surface area contributed by atoms with Gasteiger partial charge in [0.25, 0.3) is 0 Å². The molecule has 0 spiro atoms. The average Bonchev–Trinajstić information content (AvgIpc) is 3.28. The van der Waals surface area contributed by atoms with Crippen molar-refractivity contribution in [1.82, 2.24) is 10.2 Å². The zero-order valence-electron chi connectivity index (χ0n) is 13.1. The maximum absolute atomic E-state index is 12.7. The van der Waals surface area contributed by atoms with E-state index in [0.29, 0.717) is 12.4 Å². The minimum absolute atomic E-state index is 0.00230. The molecule has 1 aromatic heterocycles. The first-order chi connectivity index (χ1) is 11.8. The van der Waals surface area contributed by atoms with Crippen LogP contribution in [0.4, 0.5) is 5.69 Å². The van der Waals surface area contributed by atoms with E-state index in [-0.39, 0.29) is 11.8 Å². The Balaban J connectivity index is 1.59. The molecule has 3 aromatic rings. The van der Waals surface area contributed by atoms with E-state index in [1.807, 2.05) is 36.4 Å². The molecule has 6 heteroatoms. The molecule has 0 atom stereocenters. The minimum atomic E-state index is -0.271. The molecule has 0 N–H and O–H groups in total. The quantitative estimate of drug-likeness (QED) is 0.742. The lowest BCUT2D eigenvalue weighted by atomic mass is 10.2. The lowest BCUT2D eigenvalue weighted by molar-refractivity contribution is 0.0956. The van der Waals surface area contributed by atoms with Crippen molar-refractivity contribution in [1.29, 1.82) is 0 Å². The summed E-state index contributed by atoms with van der Waals surface area (Å²) in [7, 11) is 1.60. The molecule has 1 aliphatic heterocycles. The van der Waals surface area contributed by atoms with Crippen LogP contribution >= 0.6 is 0 Å². The van der Waals surface area contributed by atoms with E-state index in [2.05, 4.69) is 10.2 Å². The lowest BCUT2D eigenvalue weighted by Crippen LogP contribution is -2.29. The first-order valence-electron chi connectivity index (χ1n) is 7.64. The van der Waals surface area contributed by atoms with Gasteiger partial charge in [-0.15, -0.1) is 10.2 Å². The Morgan fingerprint density at radius 1 is 1.12 bits per heavy atom. The van der Waals surface area contributed by atoms with Crippen LogP contribution in [-0.4, -0.2) is 29.8 Å². The smallest absolute Gasteiger partial charge is 0.315 e. The number of para-hydroxylation sites is 1. The molecular formula is C18H15N3O3. The number of benzene rings is 2. The number of carbonyl (C=O) groups excluding carboxylic acids is 1. The molecule has 0 fully saturated rings. The predicted octanol–water partition coefficient (Wildman–Crippen LogP) is 2.95. The van der Waals surface area contributed by atoms with Crippen molar-refractivity contribution in [2.24, 2.45) is 0 Å². The number of amides is 1. The van der Waals surface area contributed by atoms with Crippen molar-refractivity contribution in [2.75, 3.05) is 18.6 Å². The van der Waals surface area contributed by atoms with E-state index in [4.69, 9.17) is 9.15 Å². The molecule has 6 nitrogen and oxygen atoms in total. The van der Waals surface area contributed by atoms with Crippen LogP contribution in [0.2, 0.25) is 0 Å². The second kappa shape index (κ2) is 5.81. The zero-order chi connectivity index (χ0) is 16.5. The average molecular weight is 321 g/mol. The highest BCUT2D eigenvalue weighted by molar-refractivity contribution is 6.04. The molecule has 0 aliphatic carbocycles. The minimum Gasteiger partial charge on any atom is -0.497 e. The number of anilines is 1. The Labute approximate surface area is 138 Å². The second-order valence-corrected chi connectivity index (χ2v) is 5.48. The third-order valence-electron chi connectivity index (χ3n) is 4.08. The normalized spacial score (nSPS) is 13.0. The van der Waals surface area contributed by atoms with Gasteiger partial charge in [0.05, 0.1) is 7.11 Å². The fourth-order valence-electron chi connectivity index (χ4n) is 2.82. The maximum Gasteiger partial charge on any atom is 0.315 e. The zero-order valence-corrected chi connectivity index (χ0v) is 13.1. The van der Waals surface area contributed by atoms with Crippen molar-refractivity contribution >= 4 is 11.6 Å². The molecule has 120 valence electrons. The fourth-order valence-corrected chi connectivity index (χ4v) is 2.82. The summed E-state index contributed by atoms with van der Waals surface area (Å²) in [6.45, 7) is 0.623. The molecule has 0 saturated carbocycles. The monoisotopic (exact) mass is 321 g/mol. The van der Waals surface area contributed by atoms with Gasteiger partial charge in [0, 0.05) is 17.8 Å². The highest BCUT2D eigenvalue weighted by Crippen LogP contribution is 2.29. The number of methoxy groups -OCH3 is 1. The Morgan fingerprint density at radius 2 is 1.92 bits per heavy atom. The highest BCUT2D eigenvalue weighted by atomic mass is 16.5. The van der Waals surface area contributed by atoms with Crippen molar-refractivity contribution in [3.63, 3.8) is 0 Å². The van der Waals surface area contributed by atoms with Gasteiger partial charge in [-0.25, -0.2) is 0 Å². The summed E-state index contributed by atoms with van der Waals surface area (Å²) in [6.07, 6.45) is 0.835. The van der Waals surface area contributed by atoms with E-state index in [1.54, 1.807) is 24.1 Å². The van der Waals surface area contributed by atoms with E-state index < -0.39 is 0 Å². The molecule has 0 unspecified atom stereocenters. The first kappa shape index (κ1) is 14.4. The van der Waals surface area contributed by atoms with Crippen LogP contribution in [0.5, 0.6) is 5.75 Å². The number of fused-ring (bicyclic) bond motifs is 1. The van der Waals surface area contributed by atoms with Crippen LogP contribution in [0.3, 0.4) is 0 Å². The van der Waals surface area contributed by atoms with Crippen molar-refractivity contribution in [3.8, 4) is 17.2 Å². The van der Waals surface area contributed by atoms with E-state index in [1.165, 1.54) is 0 Å². The first-order valence-corrected chi connectivity index (χ1v) is 7.64. The van der Waals surface area contributed by atoms with E-state index >= 15 is 0 Å². The van der Waals surface area contributed by atoms with Crippen LogP contribution in [0.15, 0.2) is 52.9 Å². The fraction of sp³-hybridized carbons (Fsp3) is 0.167. The third kappa shape index (κ3) is 2.42. The van der Waals surface area contributed by atoms with Crippen LogP contribution in [0, 0.1) is 0 Å². The van der Waals surface area contributed by atoms with Gasteiger partial charge in [0.2, 0.25) is 5.89 Å². The van der Waals surface area contributed by atoms with Gasteiger partial charge in [-0.3, -0.25) is 4.79 Å². The number of rotatable bonds is 3. The van der Waals surface area contributed by atoms with E-state index in [0.717, 1.165) is 29.0 Å². The van der Waals surface area contributed by atoms with Gasteiger partial charge >= 0.3 is 11.8 Å². The van der Waals surface area contributed by atoms with E-state index in [9.17, 15) is 4.79 Å². The predicted molar refractivity (Wildman–Crippen MR) is 88.1 cm³/mol. The molecule has 0 bridgehead atoms. The van der Waals surface area contributed by atoms with Crippen molar-refractivity contribution in [2.45, 2.75) is 6.42 Å². The molecule has 0 saturated heterocycles. The number of hydrogen-bond donors (Lipinski definition) is 0. The second-order valence-electron chi connectivity index (χ2n) is 5.48. The third-order valence-corrected chi connectivity index (χ3v) is 4.08. The molecule has 1 aliphatic rings. The number of hydrogen-bond acceptors (Lipinski definition) is 5. The maximum atomic E-state index is 12.7. The van der Waals surface area contributed by atoms with Gasteiger partial charge in [0.1, 0.15) is 5.75 Å². The molecular weight excluding hydrogens is 306 g/mol. The Hall–Kier alpha value is -3.15. The van der Waals surface area contributed by atoms with Gasteiger partial charge in [0.15, 0.2) is 0 Å². The van der Waals surface area contributed by atoms with Gasteiger partial charge < -0.3 is 14.1 Å². The lowest BCUT2D eigenvalue weighted by Gasteiger charge is -2.14. The number of ether oxygens (including phenoxy) is 1. The summed E-state index contributed by atoms with van der Waals surface area (Å²) in [6, 6.07) is 15.1. The Bertz CT molecular complexity index is 887. The van der Waals surface area contributed by atoms with Crippen LogP contribution in [0.1, 0.15) is 16.2 Å².